The Kier molecular flexibility index (Phi) is 3.32. The maximum absolute atomic E-state index is 4.35. The second-order valence-electron chi connectivity index (χ2n) is 4.25. The van der Waals surface area contributed by atoms with Crippen molar-refractivity contribution in [3.63, 3.8) is 0 Å². The maximum Gasteiger partial charge on any atom is 0.143 e. The van der Waals surface area contributed by atoms with E-state index in [1.54, 1.807) is 17.2 Å². The molecule has 0 aliphatic heterocycles. The van der Waals surface area contributed by atoms with Gasteiger partial charge >= 0.3 is 0 Å². The van der Waals surface area contributed by atoms with Gasteiger partial charge in [0.05, 0.1) is 17.9 Å². The molecule has 0 spiro atoms. The number of rotatable bonds is 4. The lowest BCUT2D eigenvalue weighted by Gasteiger charge is -2.08. The van der Waals surface area contributed by atoms with Gasteiger partial charge in [0.1, 0.15) is 12.2 Å². The summed E-state index contributed by atoms with van der Waals surface area (Å²) in [5, 5.41) is 14.4. The first-order chi connectivity index (χ1) is 9.81. The highest BCUT2D eigenvalue weighted by atomic mass is 15.5. The lowest BCUT2D eigenvalue weighted by molar-refractivity contribution is 0.789. The van der Waals surface area contributed by atoms with E-state index in [4.69, 9.17) is 0 Å². The molecule has 0 saturated carbocycles. The number of tetrazole rings is 1. The summed E-state index contributed by atoms with van der Waals surface area (Å²) in [4.78, 5) is 8.43. The number of hydrogen-bond donors (Lipinski definition) is 1. The molecule has 2 aromatic heterocycles. The van der Waals surface area contributed by atoms with Crippen molar-refractivity contribution in [3.05, 3.63) is 54.4 Å². The Hall–Kier alpha value is -2.83. The van der Waals surface area contributed by atoms with Crippen LogP contribution in [0.4, 0.5) is 5.69 Å². The molecule has 0 fully saturated rings. The summed E-state index contributed by atoms with van der Waals surface area (Å²) < 4.78 is 1.61. The van der Waals surface area contributed by atoms with E-state index in [2.05, 4.69) is 30.8 Å². The summed E-state index contributed by atoms with van der Waals surface area (Å²) in [7, 11) is 0. The molecule has 0 bridgehead atoms. The highest BCUT2D eigenvalue weighted by Crippen LogP contribution is 2.14. The third kappa shape index (κ3) is 2.77. The van der Waals surface area contributed by atoms with Gasteiger partial charge in [-0.15, -0.1) is 5.10 Å². The Morgan fingerprint density at radius 2 is 2.20 bits per heavy atom. The van der Waals surface area contributed by atoms with Gasteiger partial charge in [0.2, 0.25) is 0 Å². The van der Waals surface area contributed by atoms with E-state index < -0.39 is 0 Å². The number of hydrogen-bond acceptors (Lipinski definition) is 6. The van der Waals surface area contributed by atoms with Crippen LogP contribution < -0.4 is 5.32 Å². The molecule has 1 N–H and O–H groups in total. The molecule has 20 heavy (non-hydrogen) atoms. The van der Waals surface area contributed by atoms with E-state index in [9.17, 15) is 0 Å². The molecular formula is C13H13N7. The fourth-order valence-corrected chi connectivity index (χ4v) is 1.83. The normalized spacial score (nSPS) is 10.4. The summed E-state index contributed by atoms with van der Waals surface area (Å²) in [6, 6.07) is 9.75. The zero-order chi connectivity index (χ0) is 13.8. The Morgan fingerprint density at radius 3 is 3.00 bits per heavy atom. The van der Waals surface area contributed by atoms with Crippen molar-refractivity contribution in [2.75, 3.05) is 5.32 Å². The lowest BCUT2D eigenvalue weighted by atomic mass is 10.2. The Labute approximate surface area is 115 Å². The molecule has 0 amide bonds. The highest BCUT2D eigenvalue weighted by molar-refractivity contribution is 5.50. The number of nitrogens with zero attached hydrogens (tertiary/aromatic N) is 6. The summed E-state index contributed by atoms with van der Waals surface area (Å²) in [6.07, 6.45) is 3.32. The number of anilines is 1. The zero-order valence-corrected chi connectivity index (χ0v) is 10.9. The largest absolute Gasteiger partial charge is 0.379 e. The number of benzene rings is 1. The molecule has 0 atom stereocenters. The van der Waals surface area contributed by atoms with Crippen LogP contribution in [0.25, 0.3) is 5.69 Å². The number of aryl methyl sites for hydroxylation is 1. The molecule has 0 saturated heterocycles. The third-order valence-electron chi connectivity index (χ3n) is 2.77. The van der Waals surface area contributed by atoms with Crippen molar-refractivity contribution in [1.82, 2.24) is 30.2 Å². The average molecular weight is 267 g/mol. The molecule has 3 rings (SSSR count). The van der Waals surface area contributed by atoms with Crippen LogP contribution in [0.2, 0.25) is 0 Å². The first-order valence-corrected chi connectivity index (χ1v) is 6.17. The smallest absolute Gasteiger partial charge is 0.143 e. The highest BCUT2D eigenvalue weighted by Gasteiger charge is 2.00. The first kappa shape index (κ1) is 12.2. The van der Waals surface area contributed by atoms with Gasteiger partial charge in [-0.2, -0.15) is 0 Å². The standard InChI is InChI=1S/C13H13N7/c1-10-14-6-5-12(17-10)8-15-11-3-2-4-13(7-11)20-9-16-18-19-20/h2-7,9,15H,8H2,1H3. The minimum atomic E-state index is 0.641. The van der Waals surface area contributed by atoms with Crippen LogP contribution >= 0.6 is 0 Å². The van der Waals surface area contributed by atoms with Crippen LogP contribution in [0, 0.1) is 6.92 Å². The van der Waals surface area contributed by atoms with E-state index >= 15 is 0 Å². The van der Waals surface area contributed by atoms with Gasteiger partial charge in [0, 0.05) is 11.9 Å². The van der Waals surface area contributed by atoms with Gasteiger partial charge in [-0.3, -0.25) is 0 Å². The SMILES string of the molecule is Cc1nccc(CNc2cccc(-n3cnnn3)c2)n1. The van der Waals surface area contributed by atoms with Crippen LogP contribution in [0.15, 0.2) is 42.9 Å². The van der Waals surface area contributed by atoms with Crippen LogP contribution in [0.3, 0.4) is 0 Å². The van der Waals surface area contributed by atoms with Crippen molar-refractivity contribution in [2.24, 2.45) is 0 Å². The van der Waals surface area contributed by atoms with Crippen molar-refractivity contribution >= 4 is 5.69 Å². The first-order valence-electron chi connectivity index (χ1n) is 6.17. The molecule has 1 aromatic carbocycles. The second kappa shape index (κ2) is 5.43. The molecule has 2 heterocycles. The fraction of sp³-hybridized carbons (Fsp3) is 0.154. The summed E-state index contributed by atoms with van der Waals surface area (Å²) in [5.41, 5.74) is 2.83. The van der Waals surface area contributed by atoms with Gasteiger partial charge < -0.3 is 5.32 Å². The van der Waals surface area contributed by atoms with Gasteiger partial charge in [0.15, 0.2) is 0 Å². The van der Waals surface area contributed by atoms with Gasteiger partial charge in [-0.25, -0.2) is 14.6 Å². The summed E-state index contributed by atoms with van der Waals surface area (Å²) in [5.74, 6) is 0.770. The topological polar surface area (TPSA) is 81.4 Å². The predicted octanol–water partition coefficient (Wildman–Crippen LogP) is 1.37. The quantitative estimate of drug-likeness (QED) is 0.769. The minimum absolute atomic E-state index is 0.641. The Balaban J connectivity index is 1.73. The van der Waals surface area contributed by atoms with Gasteiger partial charge in [0.25, 0.3) is 0 Å². The Morgan fingerprint density at radius 1 is 1.25 bits per heavy atom. The lowest BCUT2D eigenvalue weighted by Crippen LogP contribution is -2.04. The van der Waals surface area contributed by atoms with Gasteiger partial charge in [-0.05, 0) is 41.6 Å². The summed E-state index contributed by atoms with van der Waals surface area (Å²) >= 11 is 0. The molecule has 0 unspecified atom stereocenters. The van der Waals surface area contributed by atoms with E-state index in [1.165, 1.54) is 0 Å². The molecule has 7 nitrogen and oxygen atoms in total. The predicted molar refractivity (Wildman–Crippen MR) is 73.2 cm³/mol. The van der Waals surface area contributed by atoms with Crippen LogP contribution in [0.1, 0.15) is 11.5 Å². The molecule has 100 valence electrons. The average Bonchev–Trinajstić information content (AvgIpc) is 3.00. The second-order valence-corrected chi connectivity index (χ2v) is 4.25. The summed E-state index contributed by atoms with van der Waals surface area (Å²) in [6.45, 7) is 2.52. The van der Waals surface area contributed by atoms with Gasteiger partial charge in [-0.1, -0.05) is 6.07 Å². The van der Waals surface area contributed by atoms with Crippen LogP contribution in [-0.2, 0) is 6.54 Å². The number of nitrogens with one attached hydrogen (secondary N) is 1. The van der Waals surface area contributed by atoms with Crippen molar-refractivity contribution in [2.45, 2.75) is 13.5 Å². The molecular weight excluding hydrogens is 254 g/mol. The van der Waals surface area contributed by atoms with Crippen LogP contribution in [-0.4, -0.2) is 30.2 Å². The zero-order valence-electron chi connectivity index (χ0n) is 10.9. The minimum Gasteiger partial charge on any atom is -0.379 e. The van der Waals surface area contributed by atoms with E-state index in [0.29, 0.717) is 6.54 Å². The third-order valence-corrected chi connectivity index (χ3v) is 2.77. The van der Waals surface area contributed by atoms with Crippen molar-refractivity contribution < 1.29 is 0 Å². The van der Waals surface area contributed by atoms with Crippen molar-refractivity contribution in [3.8, 4) is 5.69 Å². The Bertz CT molecular complexity index is 693. The molecule has 0 radical (unpaired) electrons. The monoisotopic (exact) mass is 267 g/mol. The van der Waals surface area contributed by atoms with E-state index in [1.807, 2.05) is 37.3 Å². The molecule has 3 aromatic rings. The molecule has 0 aliphatic rings. The van der Waals surface area contributed by atoms with Crippen LogP contribution in [0.5, 0.6) is 0 Å². The van der Waals surface area contributed by atoms with E-state index in [-0.39, 0.29) is 0 Å². The maximum atomic E-state index is 4.35. The van der Waals surface area contributed by atoms with Crippen molar-refractivity contribution in [1.29, 1.82) is 0 Å². The molecule has 0 aliphatic carbocycles. The molecule has 7 heteroatoms. The number of aromatic nitrogens is 6. The fourth-order valence-electron chi connectivity index (χ4n) is 1.83. The van der Waals surface area contributed by atoms with E-state index in [0.717, 1.165) is 22.9 Å².